The fourth-order valence-electron chi connectivity index (χ4n) is 5.55. The Hall–Kier alpha value is -2.65. The van der Waals surface area contributed by atoms with E-state index in [1.54, 1.807) is 18.9 Å². The van der Waals surface area contributed by atoms with Gasteiger partial charge in [0.25, 0.3) is 5.91 Å². The molecule has 0 saturated heterocycles. The number of hydrogen-bond donors (Lipinski definition) is 1. The zero-order valence-corrected chi connectivity index (χ0v) is 25.0. The van der Waals surface area contributed by atoms with Gasteiger partial charge in [-0.15, -0.1) is 23.1 Å². The molecule has 5 rings (SSSR count). The normalized spacial score (nSPS) is 17.2. The van der Waals surface area contributed by atoms with Crippen LogP contribution in [0.4, 0.5) is 8.78 Å². The second-order valence-electron chi connectivity index (χ2n) is 9.93. The molecule has 0 radical (unpaired) electrons. The van der Waals surface area contributed by atoms with Gasteiger partial charge in [-0.1, -0.05) is 35.9 Å². The Labute approximate surface area is 246 Å². The molecule has 40 heavy (non-hydrogen) atoms. The highest BCUT2D eigenvalue weighted by Gasteiger charge is 2.33. The number of nitrogens with one attached hydrogen (secondary N) is 1. The van der Waals surface area contributed by atoms with Crippen molar-refractivity contribution in [3.05, 3.63) is 81.7 Å². The van der Waals surface area contributed by atoms with Crippen LogP contribution in [0.15, 0.2) is 59.5 Å². The van der Waals surface area contributed by atoms with E-state index in [-0.39, 0.29) is 38.5 Å². The summed E-state index contributed by atoms with van der Waals surface area (Å²) in [6.45, 7) is 0.279. The second kappa shape index (κ2) is 12.5. The maximum Gasteiger partial charge on any atom is 0.266 e. The first-order chi connectivity index (χ1) is 19.4. The summed E-state index contributed by atoms with van der Waals surface area (Å²) in [5.74, 6) is -0.883. The van der Waals surface area contributed by atoms with Crippen LogP contribution in [0.3, 0.4) is 0 Å². The number of nitrogens with zero attached hydrogens (tertiary/aromatic N) is 1. The van der Waals surface area contributed by atoms with Crippen LogP contribution in [-0.2, 0) is 6.54 Å². The molecule has 1 saturated carbocycles. The summed E-state index contributed by atoms with van der Waals surface area (Å²) < 4.78 is 35.1. The molecule has 3 aromatic carbocycles. The summed E-state index contributed by atoms with van der Waals surface area (Å²) in [6, 6.07) is 16.7. The first-order valence-electron chi connectivity index (χ1n) is 13.2. The minimum absolute atomic E-state index is 0.0366. The summed E-state index contributed by atoms with van der Waals surface area (Å²) in [5.41, 5.74) is 2.98. The predicted octanol–water partition coefficient (Wildman–Crippen LogP) is 8.40. The van der Waals surface area contributed by atoms with Crippen LogP contribution < -0.4 is 10.1 Å². The zero-order chi connectivity index (χ0) is 28.4. The van der Waals surface area contributed by atoms with Crippen LogP contribution in [0.5, 0.6) is 5.75 Å². The van der Waals surface area contributed by atoms with Crippen LogP contribution in [0.2, 0.25) is 5.02 Å². The maximum absolute atomic E-state index is 14.7. The molecule has 0 bridgehead atoms. The molecule has 1 aliphatic carbocycles. The zero-order valence-electron chi connectivity index (χ0n) is 22.6. The molecule has 1 N–H and O–H groups in total. The number of halogens is 3. The van der Waals surface area contributed by atoms with E-state index in [2.05, 4.69) is 23.5 Å². The lowest BCUT2D eigenvalue weighted by Gasteiger charge is -2.37. The summed E-state index contributed by atoms with van der Waals surface area (Å²) in [4.78, 5) is 17.3. The smallest absolute Gasteiger partial charge is 0.266 e. The second-order valence-corrected chi connectivity index (χ2v) is 12.2. The molecule has 1 aliphatic rings. The number of methoxy groups -OCH3 is 1. The average molecular weight is 601 g/mol. The van der Waals surface area contributed by atoms with Crippen LogP contribution >= 0.6 is 34.7 Å². The quantitative estimate of drug-likeness (QED) is 0.206. The van der Waals surface area contributed by atoms with Crippen molar-refractivity contribution in [2.75, 3.05) is 20.4 Å². The van der Waals surface area contributed by atoms with Gasteiger partial charge in [-0.2, -0.15) is 0 Å². The summed E-state index contributed by atoms with van der Waals surface area (Å²) in [6.07, 6.45) is 5.50. The Bertz CT molecular complexity index is 1540. The number of amides is 1. The molecular weight excluding hydrogens is 570 g/mol. The molecular formula is C31H31ClF2N2O2S2. The molecule has 0 atom stereocenters. The molecule has 0 aliphatic heterocycles. The summed E-state index contributed by atoms with van der Waals surface area (Å²) in [5, 5.41) is 3.26. The number of thiophene rings is 1. The van der Waals surface area contributed by atoms with Gasteiger partial charge >= 0.3 is 0 Å². The highest BCUT2D eigenvalue weighted by Crippen LogP contribution is 2.41. The number of hydrogen-bond acceptors (Lipinski definition) is 5. The third-order valence-electron chi connectivity index (χ3n) is 7.72. The SMILES string of the molecule is CN[C@H]1CC[C@H](N(Cc2cc(-c3ccccc3SC)ccc2OC)C(=O)c2sc3c(F)ccc(F)c3c2Cl)CC1. The van der Waals surface area contributed by atoms with Crippen LogP contribution in [0, 0.1) is 11.6 Å². The summed E-state index contributed by atoms with van der Waals surface area (Å²) >= 11 is 9.17. The van der Waals surface area contributed by atoms with Gasteiger partial charge in [-0.25, -0.2) is 8.78 Å². The van der Waals surface area contributed by atoms with Crippen LogP contribution in [0.1, 0.15) is 40.9 Å². The minimum atomic E-state index is -0.639. The molecule has 0 unspecified atom stereocenters. The lowest BCUT2D eigenvalue weighted by molar-refractivity contribution is 0.0604. The number of benzene rings is 3. The van der Waals surface area contributed by atoms with Gasteiger partial charge in [-0.05, 0) is 80.4 Å². The fourth-order valence-corrected chi connectivity index (χ4v) is 7.67. The Balaban J connectivity index is 1.57. The first kappa shape index (κ1) is 28.9. The van der Waals surface area contributed by atoms with Crippen molar-refractivity contribution in [2.45, 2.75) is 49.2 Å². The topological polar surface area (TPSA) is 41.6 Å². The third kappa shape index (κ3) is 5.59. The van der Waals surface area contributed by atoms with Crippen LogP contribution in [-0.4, -0.2) is 43.3 Å². The van der Waals surface area contributed by atoms with E-state index in [1.807, 2.05) is 42.5 Å². The fraction of sp³-hybridized carbons (Fsp3) is 0.323. The molecule has 0 spiro atoms. The van der Waals surface area contributed by atoms with Gasteiger partial charge in [0.05, 0.1) is 22.2 Å². The minimum Gasteiger partial charge on any atom is -0.496 e. The van der Waals surface area contributed by atoms with E-state index in [9.17, 15) is 13.6 Å². The highest BCUT2D eigenvalue weighted by atomic mass is 35.5. The van der Waals surface area contributed by atoms with Crippen molar-refractivity contribution in [3.63, 3.8) is 0 Å². The third-order valence-corrected chi connectivity index (χ3v) is 10.2. The lowest BCUT2D eigenvalue weighted by atomic mass is 9.89. The molecule has 210 valence electrons. The number of thioether (sulfide) groups is 1. The van der Waals surface area contributed by atoms with Gasteiger partial charge in [-0.3, -0.25) is 4.79 Å². The monoisotopic (exact) mass is 600 g/mol. The van der Waals surface area contributed by atoms with Gasteiger partial charge < -0.3 is 15.0 Å². The average Bonchev–Trinajstić information content (AvgIpc) is 3.35. The van der Waals surface area contributed by atoms with E-state index in [0.717, 1.165) is 70.7 Å². The molecule has 4 aromatic rings. The van der Waals surface area contributed by atoms with Crippen molar-refractivity contribution in [1.82, 2.24) is 10.2 Å². The van der Waals surface area contributed by atoms with Crippen molar-refractivity contribution in [2.24, 2.45) is 0 Å². The van der Waals surface area contributed by atoms with E-state index < -0.39 is 11.6 Å². The largest absolute Gasteiger partial charge is 0.496 e. The molecule has 1 amide bonds. The first-order valence-corrected chi connectivity index (χ1v) is 15.6. The highest BCUT2D eigenvalue weighted by molar-refractivity contribution is 7.98. The van der Waals surface area contributed by atoms with E-state index in [0.29, 0.717) is 11.8 Å². The molecule has 1 heterocycles. The molecule has 9 heteroatoms. The molecule has 4 nitrogen and oxygen atoms in total. The number of carbonyl (C=O) groups excluding carboxylic acids is 1. The standard InChI is InChI=1S/C31H31ClF2N2O2S2/c1-35-20-9-11-21(12-10-20)36(31(37)30-28(32)27-23(33)13-14-24(34)29(27)40-30)17-19-16-18(8-15-25(19)38-2)22-6-4-5-7-26(22)39-3/h4-8,13-16,20-21,35H,9-12,17H2,1-3H3/t20-,21-. The Kier molecular flexibility index (Phi) is 9.00. The Morgan fingerprint density at radius 3 is 2.50 bits per heavy atom. The summed E-state index contributed by atoms with van der Waals surface area (Å²) in [7, 11) is 3.57. The lowest BCUT2D eigenvalue weighted by Crippen LogP contribution is -2.44. The van der Waals surface area contributed by atoms with E-state index in [1.165, 1.54) is 0 Å². The number of carbonyl (C=O) groups is 1. The van der Waals surface area contributed by atoms with Gasteiger partial charge in [0.15, 0.2) is 0 Å². The number of ether oxygens (including phenoxy) is 1. The van der Waals surface area contributed by atoms with E-state index in [4.69, 9.17) is 16.3 Å². The molecule has 1 fully saturated rings. The Morgan fingerprint density at radius 1 is 1.10 bits per heavy atom. The van der Waals surface area contributed by atoms with Crippen molar-refractivity contribution in [1.29, 1.82) is 0 Å². The van der Waals surface area contributed by atoms with Gasteiger partial charge in [0.2, 0.25) is 0 Å². The number of rotatable bonds is 8. The van der Waals surface area contributed by atoms with Crippen molar-refractivity contribution >= 4 is 50.7 Å². The van der Waals surface area contributed by atoms with Crippen LogP contribution in [0.25, 0.3) is 21.2 Å². The van der Waals surface area contributed by atoms with Gasteiger partial charge in [0.1, 0.15) is 22.3 Å². The maximum atomic E-state index is 14.7. The van der Waals surface area contributed by atoms with Crippen molar-refractivity contribution < 1.29 is 18.3 Å². The van der Waals surface area contributed by atoms with Gasteiger partial charge in [0, 0.05) is 29.1 Å². The van der Waals surface area contributed by atoms with E-state index >= 15 is 0 Å². The number of fused-ring (bicyclic) bond motifs is 1. The Morgan fingerprint density at radius 2 is 1.82 bits per heavy atom. The molecule has 1 aromatic heterocycles. The van der Waals surface area contributed by atoms with Crippen molar-refractivity contribution in [3.8, 4) is 16.9 Å². The predicted molar refractivity (Wildman–Crippen MR) is 162 cm³/mol.